The molecule has 0 unspecified atom stereocenters. The van der Waals surface area contributed by atoms with Crippen molar-refractivity contribution in [3.63, 3.8) is 0 Å². The summed E-state index contributed by atoms with van der Waals surface area (Å²) in [5.74, 6) is -3.03. The number of amides is 3. The number of carbonyl (C=O) groups excluding carboxylic acids is 3. The Hall–Kier alpha value is -3.28. The second-order valence-electron chi connectivity index (χ2n) is 9.16. The molecule has 11 nitrogen and oxygen atoms in total. The zero-order chi connectivity index (χ0) is 26.5. The van der Waals surface area contributed by atoms with Crippen LogP contribution in [-0.2, 0) is 35.0 Å². The van der Waals surface area contributed by atoms with E-state index in [0.29, 0.717) is 37.9 Å². The van der Waals surface area contributed by atoms with Gasteiger partial charge in [0.15, 0.2) is 0 Å². The highest BCUT2D eigenvalue weighted by Crippen LogP contribution is 2.21. The number of rotatable bonds is 8. The van der Waals surface area contributed by atoms with Gasteiger partial charge in [0.05, 0.1) is 12.2 Å². The van der Waals surface area contributed by atoms with Gasteiger partial charge in [-0.05, 0) is 31.2 Å². The predicted molar refractivity (Wildman–Crippen MR) is 132 cm³/mol. The number of carboxylic acids is 1. The summed E-state index contributed by atoms with van der Waals surface area (Å²) in [6.45, 7) is 2.62. The Morgan fingerprint density at radius 2 is 1.69 bits per heavy atom. The summed E-state index contributed by atoms with van der Waals surface area (Å²) in [5.41, 5.74) is -0.0181. The number of nitrogens with zero attached hydrogens (tertiary/aromatic N) is 4. The Labute approximate surface area is 210 Å². The van der Waals surface area contributed by atoms with E-state index in [4.69, 9.17) is 0 Å². The molecular weight excluding hydrogens is 488 g/mol. The number of hydrogen-bond donors (Lipinski definition) is 1. The van der Waals surface area contributed by atoms with Crippen LogP contribution in [0.2, 0.25) is 0 Å². The first-order valence-corrected chi connectivity index (χ1v) is 13.5. The van der Waals surface area contributed by atoms with E-state index >= 15 is 0 Å². The van der Waals surface area contributed by atoms with Crippen molar-refractivity contribution in [3.8, 4) is 0 Å². The van der Waals surface area contributed by atoms with Crippen LogP contribution >= 0.6 is 0 Å². The first-order chi connectivity index (χ1) is 17.0. The number of carbonyl (C=O) groups is 4. The monoisotopic (exact) mass is 520 g/mol. The topological polar surface area (TPSA) is 145 Å². The lowest BCUT2D eigenvalue weighted by atomic mass is 10.0. The summed E-state index contributed by atoms with van der Waals surface area (Å²) in [5, 5.41) is 9.49. The Balaban J connectivity index is 1.82. The van der Waals surface area contributed by atoms with Gasteiger partial charge in [0, 0.05) is 39.6 Å². The molecule has 0 saturated carbocycles. The Bertz CT molecular complexity index is 1130. The van der Waals surface area contributed by atoms with Crippen LogP contribution in [-0.4, -0.2) is 96.4 Å². The van der Waals surface area contributed by atoms with Gasteiger partial charge in [-0.1, -0.05) is 30.3 Å². The molecule has 2 heterocycles. The number of aliphatic carboxylic acids is 1. The smallest absolute Gasteiger partial charge is 0.326 e. The zero-order valence-corrected chi connectivity index (χ0v) is 21.3. The van der Waals surface area contributed by atoms with Crippen molar-refractivity contribution in [2.24, 2.45) is 4.40 Å². The molecule has 1 N–H and O–H groups in total. The molecule has 1 atom stereocenters. The standard InChI is InChI=1S/C24H32N4O7S/c1-17(29)27-13-10-19(11-14-27)26(2)22(30)15-20(23(31)28-12-6-9-21(28)24(32)33)25-36(34,35)16-18-7-4-3-5-8-18/h3-5,7-8,19,21H,6,9-16H2,1-2H3,(H,32,33)/t21-/m0/s1. The summed E-state index contributed by atoms with van der Waals surface area (Å²) in [6.07, 6.45) is 1.24. The van der Waals surface area contributed by atoms with Crippen LogP contribution in [0.5, 0.6) is 0 Å². The Kier molecular flexibility index (Phi) is 8.83. The van der Waals surface area contributed by atoms with Crippen LogP contribution in [0.25, 0.3) is 0 Å². The van der Waals surface area contributed by atoms with E-state index < -0.39 is 51.7 Å². The van der Waals surface area contributed by atoms with Gasteiger partial charge in [0.2, 0.25) is 11.8 Å². The fourth-order valence-corrected chi connectivity index (χ4v) is 5.76. The van der Waals surface area contributed by atoms with Gasteiger partial charge in [0.25, 0.3) is 15.9 Å². The van der Waals surface area contributed by atoms with E-state index in [9.17, 15) is 32.7 Å². The molecule has 2 saturated heterocycles. The third kappa shape index (κ3) is 6.90. The maximum Gasteiger partial charge on any atom is 0.326 e. The molecule has 36 heavy (non-hydrogen) atoms. The van der Waals surface area contributed by atoms with Gasteiger partial charge in [-0.2, -0.15) is 4.40 Å². The number of benzene rings is 1. The van der Waals surface area contributed by atoms with Crippen LogP contribution in [0.15, 0.2) is 34.7 Å². The maximum atomic E-state index is 13.3. The van der Waals surface area contributed by atoms with Crippen molar-refractivity contribution in [3.05, 3.63) is 35.9 Å². The van der Waals surface area contributed by atoms with Crippen LogP contribution < -0.4 is 0 Å². The summed E-state index contributed by atoms with van der Waals surface area (Å²) in [6, 6.07) is 7.05. The third-order valence-corrected chi connectivity index (χ3v) is 7.85. The van der Waals surface area contributed by atoms with Crippen molar-refractivity contribution >= 4 is 39.4 Å². The minimum atomic E-state index is -4.18. The molecule has 3 amide bonds. The minimum Gasteiger partial charge on any atom is -0.480 e. The van der Waals surface area contributed by atoms with Gasteiger partial charge >= 0.3 is 5.97 Å². The highest BCUT2D eigenvalue weighted by atomic mass is 32.2. The van der Waals surface area contributed by atoms with E-state index in [1.54, 1.807) is 42.3 Å². The zero-order valence-electron chi connectivity index (χ0n) is 20.5. The van der Waals surface area contributed by atoms with Gasteiger partial charge < -0.3 is 19.8 Å². The second kappa shape index (κ2) is 11.6. The molecule has 0 aliphatic carbocycles. The fourth-order valence-electron chi connectivity index (χ4n) is 4.60. The van der Waals surface area contributed by atoms with E-state index in [1.165, 1.54) is 11.8 Å². The first kappa shape index (κ1) is 27.3. The van der Waals surface area contributed by atoms with E-state index in [2.05, 4.69) is 4.40 Å². The predicted octanol–water partition coefficient (Wildman–Crippen LogP) is 0.892. The molecular formula is C24H32N4O7S. The second-order valence-corrected chi connectivity index (χ2v) is 10.8. The van der Waals surface area contributed by atoms with Crippen molar-refractivity contribution in [1.29, 1.82) is 0 Å². The summed E-state index contributed by atoms with van der Waals surface area (Å²) < 4.78 is 29.5. The number of carboxylic acid groups (broad SMARTS) is 1. The van der Waals surface area contributed by atoms with Crippen LogP contribution in [0, 0.1) is 0 Å². The molecule has 12 heteroatoms. The summed E-state index contributed by atoms with van der Waals surface area (Å²) in [7, 11) is -2.60. The summed E-state index contributed by atoms with van der Waals surface area (Å²) >= 11 is 0. The number of piperidine rings is 1. The molecule has 0 aromatic heterocycles. The molecule has 1 aromatic rings. The highest BCUT2D eigenvalue weighted by Gasteiger charge is 2.37. The molecule has 2 aliphatic rings. The molecule has 196 valence electrons. The lowest BCUT2D eigenvalue weighted by Gasteiger charge is -2.36. The number of likely N-dealkylation sites (tertiary alicyclic amines) is 2. The maximum absolute atomic E-state index is 13.3. The Morgan fingerprint density at radius 1 is 1.06 bits per heavy atom. The van der Waals surface area contributed by atoms with Gasteiger partial charge in [-0.25, -0.2) is 13.2 Å². The number of sulfonamides is 1. The molecule has 1 aromatic carbocycles. The van der Waals surface area contributed by atoms with Gasteiger partial charge in [0.1, 0.15) is 11.8 Å². The average Bonchev–Trinajstić information content (AvgIpc) is 3.33. The quantitative estimate of drug-likeness (QED) is 0.501. The molecule has 0 bridgehead atoms. The highest BCUT2D eigenvalue weighted by molar-refractivity contribution is 7.89. The van der Waals surface area contributed by atoms with Crippen molar-refractivity contribution in [2.75, 3.05) is 26.7 Å². The molecule has 0 radical (unpaired) electrons. The molecule has 2 aliphatic heterocycles. The number of hydrogen-bond acceptors (Lipinski definition) is 6. The van der Waals surface area contributed by atoms with E-state index in [-0.39, 0.29) is 24.9 Å². The van der Waals surface area contributed by atoms with Crippen LogP contribution in [0.1, 0.15) is 44.6 Å². The molecule has 3 rings (SSSR count). The first-order valence-electron chi connectivity index (χ1n) is 11.9. The normalized spacial score (nSPS) is 19.3. The van der Waals surface area contributed by atoms with E-state index in [0.717, 1.165) is 4.90 Å². The molecule has 0 spiro atoms. The SMILES string of the molecule is CC(=O)N1CCC(N(C)C(=O)CC(=NS(=O)(=O)Cc2ccccc2)C(=O)N2CCC[C@H]2C(=O)O)CC1. The van der Waals surface area contributed by atoms with E-state index in [1.807, 2.05) is 0 Å². The van der Waals surface area contributed by atoms with Gasteiger partial charge in [-0.3, -0.25) is 14.4 Å². The molecule has 2 fully saturated rings. The Morgan fingerprint density at radius 3 is 2.28 bits per heavy atom. The lowest BCUT2D eigenvalue weighted by Crippen LogP contribution is -2.48. The van der Waals surface area contributed by atoms with Crippen molar-refractivity contribution in [2.45, 2.75) is 56.9 Å². The fraction of sp³-hybridized carbons (Fsp3) is 0.542. The average molecular weight is 521 g/mol. The van der Waals surface area contributed by atoms with Crippen LogP contribution in [0.3, 0.4) is 0 Å². The van der Waals surface area contributed by atoms with Crippen LogP contribution in [0.4, 0.5) is 0 Å². The lowest BCUT2D eigenvalue weighted by molar-refractivity contribution is -0.146. The summed E-state index contributed by atoms with van der Waals surface area (Å²) in [4.78, 5) is 53.9. The largest absolute Gasteiger partial charge is 0.480 e. The minimum absolute atomic E-state index is 0.0373. The third-order valence-electron chi connectivity index (χ3n) is 6.66. The van der Waals surface area contributed by atoms with Crippen molar-refractivity contribution < 1.29 is 32.7 Å². The van der Waals surface area contributed by atoms with Crippen molar-refractivity contribution in [1.82, 2.24) is 14.7 Å². The van der Waals surface area contributed by atoms with Gasteiger partial charge in [-0.15, -0.1) is 0 Å².